The molecule has 1 unspecified atom stereocenters. The number of hydrogen-bond acceptors (Lipinski definition) is 5. The number of halogens is 1. The van der Waals surface area contributed by atoms with E-state index < -0.39 is 17.7 Å². The molecular formula is C22H31FO5. The van der Waals surface area contributed by atoms with Crippen molar-refractivity contribution in [3.63, 3.8) is 0 Å². The topological polar surface area (TPSA) is 46.2 Å². The molecule has 1 saturated carbocycles. The molecule has 1 aliphatic carbocycles. The molecule has 0 N–H and O–H groups in total. The first-order chi connectivity index (χ1) is 13.5. The Morgan fingerprint density at radius 2 is 1.96 bits per heavy atom. The molecule has 0 amide bonds. The third-order valence-electron chi connectivity index (χ3n) is 6.98. The maximum Gasteiger partial charge on any atom is 0.204 e. The second kappa shape index (κ2) is 8.00. The molecule has 6 heteroatoms. The standard InChI is InChI=1S/C22H31FO5/c1-15-13-18-6-4-5-17(11-12-25-14-16-7-9-19(23)10-8-16)22(18)20(24-3)26-21(15,2)27-28-22/h7-10,15,17-18,20H,4-6,11-14H2,1-3H3/t15-,17-,18+,20-,21-,22?/m0/s1. The summed E-state index contributed by atoms with van der Waals surface area (Å²) in [6.07, 6.45) is 4.70. The molecule has 5 rings (SSSR count). The number of methoxy groups -OCH3 is 1. The maximum absolute atomic E-state index is 13.0. The quantitative estimate of drug-likeness (QED) is 0.521. The molecule has 6 atom stereocenters. The van der Waals surface area contributed by atoms with Gasteiger partial charge in [-0.3, -0.25) is 0 Å². The van der Waals surface area contributed by atoms with Crippen molar-refractivity contribution in [3.8, 4) is 0 Å². The molecule has 1 aromatic rings. The van der Waals surface area contributed by atoms with E-state index in [0.717, 1.165) is 37.7 Å². The molecule has 156 valence electrons. The van der Waals surface area contributed by atoms with Gasteiger partial charge in [-0.25, -0.2) is 14.2 Å². The van der Waals surface area contributed by atoms with Gasteiger partial charge in [-0.05, 0) is 62.1 Å². The Balaban J connectivity index is 1.44. The van der Waals surface area contributed by atoms with Crippen molar-refractivity contribution in [1.29, 1.82) is 0 Å². The minimum Gasteiger partial charge on any atom is -0.377 e. The Morgan fingerprint density at radius 3 is 2.71 bits per heavy atom. The summed E-state index contributed by atoms with van der Waals surface area (Å²) in [5.41, 5.74) is 0.381. The summed E-state index contributed by atoms with van der Waals surface area (Å²) in [4.78, 5) is 12.0. The van der Waals surface area contributed by atoms with Gasteiger partial charge in [0.15, 0.2) is 11.9 Å². The van der Waals surface area contributed by atoms with E-state index in [9.17, 15) is 4.39 Å². The largest absolute Gasteiger partial charge is 0.377 e. The fourth-order valence-corrected chi connectivity index (χ4v) is 5.17. The van der Waals surface area contributed by atoms with Crippen LogP contribution in [0.2, 0.25) is 0 Å². The third-order valence-corrected chi connectivity index (χ3v) is 6.98. The van der Waals surface area contributed by atoms with E-state index in [1.54, 1.807) is 19.2 Å². The highest BCUT2D eigenvalue weighted by atomic mass is 19.1. The Kier molecular flexibility index (Phi) is 5.78. The first-order valence-corrected chi connectivity index (χ1v) is 10.4. The van der Waals surface area contributed by atoms with Crippen LogP contribution in [0.3, 0.4) is 0 Å². The zero-order valence-corrected chi connectivity index (χ0v) is 17.0. The van der Waals surface area contributed by atoms with Gasteiger partial charge in [-0.1, -0.05) is 25.5 Å². The summed E-state index contributed by atoms with van der Waals surface area (Å²) in [6, 6.07) is 6.43. The van der Waals surface area contributed by atoms with Crippen molar-refractivity contribution >= 4 is 0 Å². The monoisotopic (exact) mass is 394 g/mol. The van der Waals surface area contributed by atoms with Gasteiger partial charge >= 0.3 is 0 Å². The van der Waals surface area contributed by atoms with Gasteiger partial charge in [0.25, 0.3) is 0 Å². The molecule has 28 heavy (non-hydrogen) atoms. The van der Waals surface area contributed by atoms with Crippen LogP contribution in [-0.2, 0) is 30.6 Å². The lowest BCUT2D eigenvalue weighted by molar-refractivity contribution is -0.560. The first kappa shape index (κ1) is 20.2. The van der Waals surface area contributed by atoms with Crippen LogP contribution in [0.1, 0.15) is 51.5 Å². The molecule has 0 aromatic heterocycles. The summed E-state index contributed by atoms with van der Waals surface area (Å²) in [5.74, 6) is -0.196. The number of ether oxygens (including phenoxy) is 3. The van der Waals surface area contributed by atoms with Crippen LogP contribution in [0, 0.1) is 23.6 Å². The summed E-state index contributed by atoms with van der Waals surface area (Å²) >= 11 is 0. The summed E-state index contributed by atoms with van der Waals surface area (Å²) in [7, 11) is 1.69. The fourth-order valence-electron chi connectivity index (χ4n) is 5.17. The van der Waals surface area contributed by atoms with Crippen molar-refractivity contribution in [3.05, 3.63) is 35.6 Å². The van der Waals surface area contributed by atoms with E-state index in [1.165, 1.54) is 12.1 Å². The Morgan fingerprint density at radius 1 is 1.18 bits per heavy atom. The highest BCUT2D eigenvalue weighted by Gasteiger charge is 2.65. The van der Waals surface area contributed by atoms with E-state index >= 15 is 0 Å². The van der Waals surface area contributed by atoms with Crippen molar-refractivity contribution in [2.24, 2.45) is 17.8 Å². The second-order valence-electron chi connectivity index (χ2n) is 8.65. The minimum atomic E-state index is -0.771. The predicted molar refractivity (Wildman–Crippen MR) is 100 cm³/mol. The van der Waals surface area contributed by atoms with E-state index in [0.29, 0.717) is 19.1 Å². The summed E-state index contributed by atoms with van der Waals surface area (Å²) in [6.45, 7) is 5.17. The van der Waals surface area contributed by atoms with Gasteiger partial charge in [0.05, 0.1) is 6.61 Å². The van der Waals surface area contributed by atoms with Crippen LogP contribution >= 0.6 is 0 Å². The van der Waals surface area contributed by atoms with Gasteiger partial charge in [0, 0.05) is 19.6 Å². The van der Waals surface area contributed by atoms with Gasteiger partial charge in [-0.15, -0.1) is 0 Å². The molecule has 4 fully saturated rings. The molecule has 2 bridgehead atoms. The van der Waals surface area contributed by atoms with Crippen LogP contribution in [0.25, 0.3) is 0 Å². The average Bonchev–Trinajstić information content (AvgIpc) is 2.87. The molecular weight excluding hydrogens is 363 g/mol. The van der Waals surface area contributed by atoms with E-state index in [2.05, 4.69) is 6.92 Å². The zero-order valence-electron chi connectivity index (χ0n) is 17.0. The number of rotatable bonds is 6. The lowest BCUT2D eigenvalue weighted by Crippen LogP contribution is -2.63. The van der Waals surface area contributed by atoms with Crippen LogP contribution < -0.4 is 0 Å². The highest BCUT2D eigenvalue weighted by molar-refractivity contribution is 5.15. The zero-order chi connectivity index (χ0) is 19.8. The van der Waals surface area contributed by atoms with Gasteiger partial charge < -0.3 is 14.2 Å². The first-order valence-electron chi connectivity index (χ1n) is 10.4. The minimum absolute atomic E-state index is 0.230. The Labute approximate surface area is 166 Å². The molecule has 5 nitrogen and oxygen atoms in total. The lowest BCUT2D eigenvalue weighted by atomic mass is 9.65. The summed E-state index contributed by atoms with van der Waals surface area (Å²) in [5, 5.41) is 0. The van der Waals surface area contributed by atoms with Gasteiger partial charge in [0.2, 0.25) is 5.79 Å². The van der Waals surface area contributed by atoms with E-state index in [-0.39, 0.29) is 17.7 Å². The number of fused-ring (bicyclic) bond motifs is 3. The highest BCUT2D eigenvalue weighted by Crippen LogP contribution is 2.56. The van der Waals surface area contributed by atoms with Crippen LogP contribution in [0.15, 0.2) is 24.3 Å². The molecule has 3 aliphatic heterocycles. The molecule has 3 heterocycles. The molecule has 0 radical (unpaired) electrons. The van der Waals surface area contributed by atoms with Gasteiger partial charge in [-0.2, -0.15) is 0 Å². The lowest BCUT2D eigenvalue weighted by Gasteiger charge is -2.53. The van der Waals surface area contributed by atoms with Gasteiger partial charge in [0.1, 0.15) is 5.82 Å². The molecule has 4 aliphatic rings. The number of hydrogen-bond donors (Lipinski definition) is 0. The normalized spacial score (nSPS) is 40.1. The summed E-state index contributed by atoms with van der Waals surface area (Å²) < 4.78 is 31.0. The van der Waals surface area contributed by atoms with Crippen molar-refractivity contribution in [1.82, 2.24) is 0 Å². The molecule has 3 saturated heterocycles. The van der Waals surface area contributed by atoms with Crippen LogP contribution in [-0.4, -0.2) is 31.4 Å². The van der Waals surface area contributed by atoms with E-state index in [4.69, 9.17) is 24.0 Å². The average molecular weight is 394 g/mol. The number of benzene rings is 1. The Hall–Kier alpha value is -1.05. The smallest absolute Gasteiger partial charge is 0.204 e. The van der Waals surface area contributed by atoms with Crippen molar-refractivity contribution in [2.75, 3.05) is 13.7 Å². The Bertz CT molecular complexity index is 663. The van der Waals surface area contributed by atoms with Crippen LogP contribution in [0.4, 0.5) is 4.39 Å². The SMILES string of the molecule is CO[C@H]1O[C@@]2(C)OOC13[C@H](CCOCc1ccc(F)cc1)CCC[C@@H]3C[C@@H]2C. The molecule has 1 aromatic carbocycles. The van der Waals surface area contributed by atoms with Crippen molar-refractivity contribution in [2.45, 2.75) is 70.2 Å². The third kappa shape index (κ3) is 3.50. The maximum atomic E-state index is 13.0. The van der Waals surface area contributed by atoms with E-state index in [1.807, 2.05) is 6.92 Å². The predicted octanol–water partition coefficient (Wildman–Crippen LogP) is 4.59. The molecule has 1 spiro atoms. The fraction of sp³-hybridized carbons (Fsp3) is 0.727. The second-order valence-corrected chi connectivity index (χ2v) is 8.65. The van der Waals surface area contributed by atoms with Crippen molar-refractivity contribution < 1.29 is 28.4 Å². The van der Waals surface area contributed by atoms with Crippen LogP contribution in [0.5, 0.6) is 0 Å².